The lowest BCUT2D eigenvalue weighted by Gasteiger charge is -2.06. The number of aryl methyl sites for hydroxylation is 1. The second-order valence-corrected chi connectivity index (χ2v) is 4.66. The van der Waals surface area contributed by atoms with Crippen LogP contribution in [0.25, 0.3) is 0 Å². The van der Waals surface area contributed by atoms with Gasteiger partial charge in [-0.15, -0.1) is 0 Å². The molecule has 7 heteroatoms. The minimum Gasteiger partial charge on any atom is -0.282 e. The Balaban J connectivity index is 2.73. The summed E-state index contributed by atoms with van der Waals surface area (Å²) in [5.41, 5.74) is 0.365. The van der Waals surface area contributed by atoms with Crippen LogP contribution < -0.4 is 0 Å². The highest BCUT2D eigenvalue weighted by molar-refractivity contribution is 7.85. The smallest absolute Gasteiger partial charge is 0.282 e. The molecule has 3 nitrogen and oxygen atoms in total. The van der Waals surface area contributed by atoms with Crippen molar-refractivity contribution in [3.05, 3.63) is 29.8 Å². The fourth-order valence-electron chi connectivity index (χ4n) is 1.11. The van der Waals surface area contributed by atoms with E-state index in [2.05, 4.69) is 0 Å². The predicted octanol–water partition coefficient (Wildman–Crippen LogP) is 2.43. The Hall–Kier alpha value is -1.08. The summed E-state index contributed by atoms with van der Waals surface area (Å²) < 4.78 is 65.5. The fourth-order valence-corrected chi connectivity index (χ4v) is 1.59. The zero-order valence-corrected chi connectivity index (χ0v) is 8.85. The molecule has 0 radical (unpaired) electrons. The normalized spacial score (nSPS) is 12.8. The molecule has 0 aliphatic carbocycles. The molecule has 1 aromatic rings. The van der Waals surface area contributed by atoms with E-state index in [-0.39, 0.29) is 11.3 Å². The lowest BCUT2D eigenvalue weighted by Crippen LogP contribution is -2.08. The molecule has 0 aliphatic rings. The van der Waals surface area contributed by atoms with Crippen LogP contribution >= 0.6 is 0 Å². The minimum atomic E-state index is -4.29. The number of halogens is 3. The summed E-state index contributed by atoms with van der Waals surface area (Å²) >= 11 is 0. The first-order valence-corrected chi connectivity index (χ1v) is 5.76. The quantitative estimate of drug-likeness (QED) is 0.843. The SMILES string of the molecule is O=S(=O)(O)c1ccc(CCC(F)(F)F)cc1. The largest absolute Gasteiger partial charge is 0.389 e. The van der Waals surface area contributed by atoms with Crippen LogP contribution in [0.4, 0.5) is 13.2 Å². The lowest BCUT2D eigenvalue weighted by molar-refractivity contribution is -0.134. The van der Waals surface area contributed by atoms with Gasteiger partial charge >= 0.3 is 6.18 Å². The second-order valence-electron chi connectivity index (χ2n) is 3.23. The van der Waals surface area contributed by atoms with Gasteiger partial charge in [-0.05, 0) is 24.1 Å². The first-order valence-electron chi connectivity index (χ1n) is 4.32. The predicted molar refractivity (Wildman–Crippen MR) is 50.6 cm³/mol. The molecule has 0 saturated heterocycles. The van der Waals surface area contributed by atoms with E-state index in [1.807, 2.05) is 0 Å². The maximum absolute atomic E-state index is 11.9. The van der Waals surface area contributed by atoms with Crippen LogP contribution in [0.3, 0.4) is 0 Å². The molecule has 0 aromatic heterocycles. The Bertz CT molecular complexity index is 448. The van der Waals surface area contributed by atoms with Crippen LogP contribution in [0.2, 0.25) is 0 Å². The number of benzene rings is 1. The molecule has 0 bridgehead atoms. The second kappa shape index (κ2) is 4.42. The maximum atomic E-state index is 11.9. The van der Waals surface area contributed by atoms with Crippen molar-refractivity contribution in [2.24, 2.45) is 0 Å². The van der Waals surface area contributed by atoms with Crippen molar-refractivity contribution in [2.75, 3.05) is 0 Å². The zero-order valence-electron chi connectivity index (χ0n) is 8.03. The van der Waals surface area contributed by atoms with E-state index < -0.39 is 22.7 Å². The number of rotatable bonds is 3. The van der Waals surface area contributed by atoms with Gasteiger partial charge in [-0.25, -0.2) is 0 Å². The summed E-state index contributed by atoms with van der Waals surface area (Å²) in [6.45, 7) is 0. The number of hydrogen-bond acceptors (Lipinski definition) is 2. The Morgan fingerprint density at radius 3 is 2.00 bits per heavy atom. The Labute approximate surface area is 90.7 Å². The average molecular weight is 254 g/mol. The molecular weight excluding hydrogens is 245 g/mol. The molecule has 90 valence electrons. The molecule has 1 aromatic carbocycles. The molecule has 0 aliphatic heterocycles. The molecule has 1 N–H and O–H groups in total. The van der Waals surface area contributed by atoms with Gasteiger partial charge in [-0.2, -0.15) is 21.6 Å². The monoisotopic (exact) mass is 254 g/mol. The number of hydrogen-bond donors (Lipinski definition) is 1. The first-order chi connectivity index (χ1) is 7.18. The van der Waals surface area contributed by atoms with E-state index >= 15 is 0 Å². The van der Waals surface area contributed by atoms with Gasteiger partial charge in [-0.3, -0.25) is 4.55 Å². The van der Waals surface area contributed by atoms with Gasteiger partial charge in [0.15, 0.2) is 0 Å². The molecule has 1 rings (SSSR count). The van der Waals surface area contributed by atoms with E-state index in [0.29, 0.717) is 5.56 Å². The van der Waals surface area contributed by atoms with Gasteiger partial charge in [-0.1, -0.05) is 12.1 Å². The van der Waals surface area contributed by atoms with Crippen molar-refractivity contribution < 1.29 is 26.1 Å². The van der Waals surface area contributed by atoms with E-state index in [0.717, 1.165) is 12.1 Å². The molecule has 0 heterocycles. The molecule has 0 saturated carbocycles. The Kier molecular flexibility index (Phi) is 3.59. The van der Waals surface area contributed by atoms with Crippen LogP contribution in [-0.2, 0) is 16.5 Å². The minimum absolute atomic E-state index is 0.213. The third kappa shape index (κ3) is 4.19. The summed E-state index contributed by atoms with van der Waals surface area (Å²) in [4.78, 5) is -0.330. The van der Waals surface area contributed by atoms with Crippen molar-refractivity contribution in [1.82, 2.24) is 0 Å². The van der Waals surface area contributed by atoms with Crippen LogP contribution in [0.1, 0.15) is 12.0 Å². The highest BCUT2D eigenvalue weighted by Gasteiger charge is 2.26. The topological polar surface area (TPSA) is 54.4 Å². The van der Waals surface area contributed by atoms with Crippen LogP contribution in [0.15, 0.2) is 29.2 Å². The Morgan fingerprint density at radius 2 is 1.62 bits per heavy atom. The highest BCUT2D eigenvalue weighted by Crippen LogP contribution is 2.22. The van der Waals surface area contributed by atoms with Gasteiger partial charge in [0, 0.05) is 6.42 Å². The van der Waals surface area contributed by atoms with E-state index in [4.69, 9.17) is 4.55 Å². The summed E-state index contributed by atoms with van der Waals surface area (Å²) in [5.74, 6) is 0. The fraction of sp³-hybridized carbons (Fsp3) is 0.333. The van der Waals surface area contributed by atoms with Gasteiger partial charge in [0.2, 0.25) is 0 Å². The van der Waals surface area contributed by atoms with Crippen molar-refractivity contribution in [1.29, 1.82) is 0 Å². The standard InChI is InChI=1S/C9H9F3O3S/c10-9(11,12)6-5-7-1-3-8(4-2-7)16(13,14)15/h1-4H,5-6H2,(H,13,14,15). The average Bonchev–Trinajstić information content (AvgIpc) is 2.13. The van der Waals surface area contributed by atoms with Gasteiger partial charge in [0.05, 0.1) is 4.90 Å². The van der Waals surface area contributed by atoms with Crippen molar-refractivity contribution in [3.63, 3.8) is 0 Å². The van der Waals surface area contributed by atoms with Crippen LogP contribution in [0, 0.1) is 0 Å². The Morgan fingerprint density at radius 1 is 1.12 bits per heavy atom. The molecule has 16 heavy (non-hydrogen) atoms. The summed E-state index contributed by atoms with van der Waals surface area (Å²) in [5, 5.41) is 0. The van der Waals surface area contributed by atoms with Gasteiger partial charge < -0.3 is 0 Å². The molecular formula is C9H9F3O3S. The third-order valence-electron chi connectivity index (χ3n) is 1.92. The summed E-state index contributed by atoms with van der Waals surface area (Å²) in [6.07, 6.45) is -5.41. The van der Waals surface area contributed by atoms with E-state index in [1.165, 1.54) is 12.1 Å². The molecule has 0 amide bonds. The van der Waals surface area contributed by atoms with Crippen LogP contribution in [-0.4, -0.2) is 19.1 Å². The van der Waals surface area contributed by atoms with Crippen molar-refractivity contribution in [3.8, 4) is 0 Å². The van der Waals surface area contributed by atoms with E-state index in [1.54, 1.807) is 0 Å². The number of alkyl halides is 3. The summed E-state index contributed by atoms with van der Waals surface area (Å²) in [6, 6.07) is 4.63. The van der Waals surface area contributed by atoms with Crippen molar-refractivity contribution in [2.45, 2.75) is 23.9 Å². The van der Waals surface area contributed by atoms with Gasteiger partial charge in [0.1, 0.15) is 0 Å². The van der Waals surface area contributed by atoms with Crippen molar-refractivity contribution >= 4 is 10.1 Å². The van der Waals surface area contributed by atoms with E-state index in [9.17, 15) is 21.6 Å². The molecule has 0 fully saturated rings. The molecule has 0 unspecified atom stereocenters. The lowest BCUT2D eigenvalue weighted by atomic mass is 10.1. The molecule has 0 spiro atoms. The van der Waals surface area contributed by atoms with Crippen LogP contribution in [0.5, 0.6) is 0 Å². The zero-order chi connectivity index (χ0) is 12.4. The maximum Gasteiger partial charge on any atom is 0.389 e. The molecule has 0 atom stereocenters. The van der Waals surface area contributed by atoms with Gasteiger partial charge in [0.25, 0.3) is 10.1 Å². The third-order valence-corrected chi connectivity index (χ3v) is 2.79. The summed E-state index contributed by atoms with van der Waals surface area (Å²) in [7, 11) is -4.29. The highest BCUT2D eigenvalue weighted by atomic mass is 32.2. The first kappa shape index (κ1) is 13.0.